The third-order valence-electron chi connectivity index (χ3n) is 2.36. The summed E-state index contributed by atoms with van der Waals surface area (Å²) in [6.45, 7) is 6.73. The minimum absolute atomic E-state index is 0.620. The molecule has 1 rings (SSSR count). The standard InChI is InChI=1S/C8H14/c1-4-7-6-8(7,3)5-2/h4H,5-6H2,1-3H3/b7-4+/t8-/m0/s1. The lowest BCUT2D eigenvalue weighted by Gasteiger charge is -1.98. The van der Waals surface area contributed by atoms with Crippen LogP contribution in [0.25, 0.3) is 0 Å². The normalized spacial score (nSPS) is 40.6. The molecule has 1 saturated carbocycles. The maximum absolute atomic E-state index is 2.34. The first kappa shape index (κ1) is 5.87. The van der Waals surface area contributed by atoms with Crippen molar-refractivity contribution in [3.8, 4) is 0 Å². The Morgan fingerprint density at radius 1 is 1.75 bits per heavy atom. The molecule has 1 fully saturated rings. The molecule has 0 heterocycles. The van der Waals surface area contributed by atoms with Crippen LogP contribution in [0.2, 0.25) is 0 Å². The molecule has 1 aliphatic rings. The van der Waals surface area contributed by atoms with Gasteiger partial charge in [0.25, 0.3) is 0 Å². The van der Waals surface area contributed by atoms with E-state index in [1.165, 1.54) is 12.8 Å². The first-order valence-corrected chi connectivity index (χ1v) is 3.38. The minimum atomic E-state index is 0.620. The zero-order valence-electron chi connectivity index (χ0n) is 5.99. The molecule has 0 N–H and O–H groups in total. The van der Waals surface area contributed by atoms with Crippen LogP contribution in [0.5, 0.6) is 0 Å². The van der Waals surface area contributed by atoms with Gasteiger partial charge in [0.15, 0.2) is 0 Å². The Morgan fingerprint density at radius 2 is 2.38 bits per heavy atom. The molecule has 0 aromatic rings. The van der Waals surface area contributed by atoms with Gasteiger partial charge in [0.2, 0.25) is 0 Å². The highest BCUT2D eigenvalue weighted by Crippen LogP contribution is 2.53. The van der Waals surface area contributed by atoms with Crippen LogP contribution in [0, 0.1) is 5.41 Å². The Bertz CT molecular complexity index is 122. The quantitative estimate of drug-likeness (QED) is 0.455. The van der Waals surface area contributed by atoms with Crippen LogP contribution in [0.15, 0.2) is 11.6 Å². The van der Waals surface area contributed by atoms with Crippen LogP contribution >= 0.6 is 0 Å². The lowest BCUT2D eigenvalue weighted by atomic mass is 10.1. The van der Waals surface area contributed by atoms with Gasteiger partial charge in [-0.05, 0) is 25.2 Å². The second-order valence-corrected chi connectivity index (χ2v) is 2.90. The number of allylic oxidation sites excluding steroid dienone is 2. The largest absolute Gasteiger partial charge is 0.0879 e. The van der Waals surface area contributed by atoms with Gasteiger partial charge in [0.1, 0.15) is 0 Å². The summed E-state index contributed by atoms with van der Waals surface area (Å²) in [7, 11) is 0. The molecule has 8 heavy (non-hydrogen) atoms. The average molecular weight is 110 g/mol. The van der Waals surface area contributed by atoms with Crippen LogP contribution < -0.4 is 0 Å². The Hall–Kier alpha value is -0.260. The summed E-state index contributed by atoms with van der Waals surface area (Å²) in [5.41, 5.74) is 2.27. The maximum atomic E-state index is 2.34. The summed E-state index contributed by atoms with van der Waals surface area (Å²) >= 11 is 0. The lowest BCUT2D eigenvalue weighted by molar-refractivity contribution is 0.579. The first-order chi connectivity index (χ1) is 3.73. The van der Waals surface area contributed by atoms with Crippen LogP contribution in [-0.4, -0.2) is 0 Å². The van der Waals surface area contributed by atoms with Crippen LogP contribution in [0.1, 0.15) is 33.6 Å². The van der Waals surface area contributed by atoms with Gasteiger partial charge in [-0.15, -0.1) is 0 Å². The molecule has 1 aliphatic carbocycles. The summed E-state index contributed by atoms with van der Waals surface area (Å²) in [4.78, 5) is 0. The van der Waals surface area contributed by atoms with E-state index >= 15 is 0 Å². The fourth-order valence-corrected chi connectivity index (χ4v) is 1.18. The molecule has 0 unspecified atom stereocenters. The van der Waals surface area contributed by atoms with E-state index in [-0.39, 0.29) is 0 Å². The Kier molecular flexibility index (Phi) is 1.18. The monoisotopic (exact) mass is 110 g/mol. The molecule has 0 aromatic heterocycles. The topological polar surface area (TPSA) is 0 Å². The van der Waals surface area contributed by atoms with Crippen molar-refractivity contribution in [1.29, 1.82) is 0 Å². The molecular formula is C8H14. The lowest BCUT2D eigenvalue weighted by Crippen LogP contribution is -1.87. The van der Waals surface area contributed by atoms with Gasteiger partial charge in [-0.1, -0.05) is 25.5 Å². The van der Waals surface area contributed by atoms with Crippen molar-refractivity contribution in [1.82, 2.24) is 0 Å². The van der Waals surface area contributed by atoms with E-state index in [0.29, 0.717) is 5.41 Å². The van der Waals surface area contributed by atoms with E-state index in [1.807, 2.05) is 0 Å². The predicted molar refractivity (Wildman–Crippen MR) is 36.8 cm³/mol. The Morgan fingerprint density at radius 3 is 2.50 bits per heavy atom. The molecular weight excluding hydrogens is 96.1 g/mol. The van der Waals surface area contributed by atoms with Gasteiger partial charge in [-0.25, -0.2) is 0 Å². The maximum Gasteiger partial charge on any atom is -0.00815 e. The van der Waals surface area contributed by atoms with Crippen LogP contribution in [0.4, 0.5) is 0 Å². The van der Waals surface area contributed by atoms with Crippen molar-refractivity contribution in [2.45, 2.75) is 33.6 Å². The molecule has 0 bridgehead atoms. The molecule has 0 aromatic carbocycles. The molecule has 0 amide bonds. The second-order valence-electron chi connectivity index (χ2n) is 2.90. The van der Waals surface area contributed by atoms with E-state index in [1.54, 1.807) is 5.57 Å². The van der Waals surface area contributed by atoms with E-state index in [0.717, 1.165) is 0 Å². The summed E-state index contributed by atoms with van der Waals surface area (Å²) in [5, 5.41) is 0. The molecule has 0 heteroatoms. The van der Waals surface area contributed by atoms with Crippen molar-refractivity contribution < 1.29 is 0 Å². The second kappa shape index (κ2) is 1.61. The third-order valence-corrected chi connectivity index (χ3v) is 2.36. The molecule has 46 valence electrons. The van der Waals surface area contributed by atoms with E-state index in [2.05, 4.69) is 26.8 Å². The van der Waals surface area contributed by atoms with Crippen molar-refractivity contribution in [3.05, 3.63) is 11.6 Å². The SMILES string of the molecule is C/C=C1\C[C@]1(C)CC. The number of hydrogen-bond donors (Lipinski definition) is 0. The molecule has 1 atom stereocenters. The van der Waals surface area contributed by atoms with Crippen LogP contribution in [0.3, 0.4) is 0 Å². The smallest absolute Gasteiger partial charge is 0.00815 e. The zero-order valence-corrected chi connectivity index (χ0v) is 5.99. The average Bonchev–Trinajstić information content (AvgIpc) is 2.44. The summed E-state index contributed by atoms with van der Waals surface area (Å²) in [6, 6.07) is 0. The number of rotatable bonds is 1. The van der Waals surface area contributed by atoms with E-state index < -0.39 is 0 Å². The van der Waals surface area contributed by atoms with Crippen molar-refractivity contribution in [3.63, 3.8) is 0 Å². The fourth-order valence-electron chi connectivity index (χ4n) is 1.18. The van der Waals surface area contributed by atoms with Crippen molar-refractivity contribution in [2.75, 3.05) is 0 Å². The van der Waals surface area contributed by atoms with Gasteiger partial charge in [-0.2, -0.15) is 0 Å². The minimum Gasteiger partial charge on any atom is -0.0879 e. The molecule has 0 saturated heterocycles. The van der Waals surface area contributed by atoms with Gasteiger partial charge < -0.3 is 0 Å². The van der Waals surface area contributed by atoms with Gasteiger partial charge in [-0.3, -0.25) is 0 Å². The molecule has 0 aliphatic heterocycles. The van der Waals surface area contributed by atoms with E-state index in [9.17, 15) is 0 Å². The fraction of sp³-hybridized carbons (Fsp3) is 0.750. The predicted octanol–water partition coefficient (Wildman–Crippen LogP) is 2.75. The molecule has 0 nitrogen and oxygen atoms in total. The highest BCUT2D eigenvalue weighted by molar-refractivity contribution is 5.29. The Labute approximate surface area is 51.6 Å². The summed E-state index contributed by atoms with van der Waals surface area (Å²) < 4.78 is 0. The highest BCUT2D eigenvalue weighted by Gasteiger charge is 2.40. The molecule has 0 radical (unpaired) electrons. The van der Waals surface area contributed by atoms with Gasteiger partial charge in [0, 0.05) is 0 Å². The van der Waals surface area contributed by atoms with Crippen molar-refractivity contribution in [2.24, 2.45) is 5.41 Å². The summed E-state index contributed by atoms with van der Waals surface area (Å²) in [5.74, 6) is 0. The third kappa shape index (κ3) is 0.683. The zero-order chi connectivity index (χ0) is 6.20. The highest BCUT2D eigenvalue weighted by atomic mass is 14.4. The molecule has 0 spiro atoms. The summed E-state index contributed by atoms with van der Waals surface area (Å²) in [6.07, 6.45) is 4.91. The van der Waals surface area contributed by atoms with Crippen LogP contribution in [-0.2, 0) is 0 Å². The number of hydrogen-bond acceptors (Lipinski definition) is 0. The van der Waals surface area contributed by atoms with Gasteiger partial charge in [0.05, 0.1) is 0 Å². The van der Waals surface area contributed by atoms with Crippen molar-refractivity contribution >= 4 is 0 Å². The first-order valence-electron chi connectivity index (χ1n) is 3.38. The van der Waals surface area contributed by atoms with E-state index in [4.69, 9.17) is 0 Å². The Balaban J connectivity index is 2.55. The van der Waals surface area contributed by atoms with Gasteiger partial charge >= 0.3 is 0 Å².